The molecule has 27 heavy (non-hydrogen) atoms. The maximum atomic E-state index is 12.1. The highest BCUT2D eigenvalue weighted by atomic mass is 35.5. The lowest BCUT2D eigenvalue weighted by Crippen LogP contribution is -2.36. The summed E-state index contributed by atoms with van der Waals surface area (Å²) in [5, 5.41) is 11.2. The molecule has 0 aliphatic heterocycles. The number of halogens is 1. The molecule has 0 heterocycles. The Morgan fingerprint density at radius 2 is 1.56 bits per heavy atom. The number of nitrogens with one attached hydrogen (secondary N) is 3. The molecule has 0 bridgehead atoms. The maximum Gasteiger partial charge on any atom is 0.243 e. The Kier molecular flexibility index (Phi) is 5.94. The van der Waals surface area contributed by atoms with E-state index in [9.17, 15) is 9.59 Å². The summed E-state index contributed by atoms with van der Waals surface area (Å²) in [6.07, 6.45) is 0. The van der Waals surface area contributed by atoms with Crippen molar-refractivity contribution in [3.05, 3.63) is 71.2 Å². The zero-order chi connectivity index (χ0) is 19.2. The highest BCUT2D eigenvalue weighted by molar-refractivity contribution is 6.31. The molecular formula is C21H20ClN3O2. The van der Waals surface area contributed by atoms with Gasteiger partial charge in [0.15, 0.2) is 0 Å². The third-order valence-corrected chi connectivity index (χ3v) is 4.63. The Bertz CT molecular complexity index is 983. The molecule has 0 unspecified atom stereocenters. The van der Waals surface area contributed by atoms with Gasteiger partial charge in [-0.1, -0.05) is 54.1 Å². The largest absolute Gasteiger partial charge is 0.376 e. The van der Waals surface area contributed by atoms with Crippen molar-refractivity contribution < 1.29 is 9.59 Å². The molecule has 5 nitrogen and oxygen atoms in total. The molecule has 0 aliphatic rings. The summed E-state index contributed by atoms with van der Waals surface area (Å²) < 4.78 is 0. The zero-order valence-corrected chi connectivity index (χ0v) is 15.6. The van der Waals surface area contributed by atoms with Crippen LogP contribution in [0, 0.1) is 6.92 Å². The number of carbonyl (C=O) groups excluding carboxylic acids is 2. The topological polar surface area (TPSA) is 70.2 Å². The van der Waals surface area contributed by atoms with E-state index in [4.69, 9.17) is 11.6 Å². The molecule has 0 fully saturated rings. The molecule has 0 atom stereocenters. The van der Waals surface area contributed by atoms with Gasteiger partial charge < -0.3 is 16.0 Å². The van der Waals surface area contributed by atoms with E-state index in [1.54, 1.807) is 18.2 Å². The molecule has 0 aromatic heterocycles. The predicted molar refractivity (Wildman–Crippen MR) is 110 cm³/mol. The van der Waals surface area contributed by atoms with E-state index in [0.29, 0.717) is 10.7 Å². The van der Waals surface area contributed by atoms with Crippen molar-refractivity contribution in [2.75, 3.05) is 23.7 Å². The molecule has 3 aromatic rings. The second-order valence-corrected chi connectivity index (χ2v) is 6.52. The fourth-order valence-corrected chi connectivity index (χ4v) is 2.91. The molecule has 0 radical (unpaired) electrons. The third kappa shape index (κ3) is 4.77. The smallest absolute Gasteiger partial charge is 0.243 e. The van der Waals surface area contributed by atoms with Crippen molar-refractivity contribution in [1.82, 2.24) is 5.32 Å². The van der Waals surface area contributed by atoms with Gasteiger partial charge in [-0.15, -0.1) is 0 Å². The van der Waals surface area contributed by atoms with Gasteiger partial charge in [-0.3, -0.25) is 9.59 Å². The van der Waals surface area contributed by atoms with Crippen LogP contribution in [0.3, 0.4) is 0 Å². The summed E-state index contributed by atoms with van der Waals surface area (Å²) in [5.74, 6) is -0.570. The van der Waals surface area contributed by atoms with E-state index < -0.39 is 0 Å². The number of amides is 2. The van der Waals surface area contributed by atoms with Gasteiger partial charge in [0.05, 0.1) is 13.1 Å². The molecule has 0 saturated heterocycles. The molecule has 3 N–H and O–H groups in total. The predicted octanol–water partition coefficient (Wildman–Crippen LogP) is 3.97. The van der Waals surface area contributed by atoms with Crippen LogP contribution in [0.15, 0.2) is 60.7 Å². The number of hydrogen-bond acceptors (Lipinski definition) is 3. The van der Waals surface area contributed by atoms with Crippen molar-refractivity contribution in [2.24, 2.45) is 0 Å². The number of fused-ring (bicyclic) bond motifs is 1. The van der Waals surface area contributed by atoms with E-state index in [1.165, 1.54) is 0 Å². The van der Waals surface area contributed by atoms with E-state index in [0.717, 1.165) is 22.0 Å². The minimum absolute atomic E-state index is 0.0808. The summed E-state index contributed by atoms with van der Waals surface area (Å²) >= 11 is 6.04. The fraction of sp³-hybridized carbons (Fsp3) is 0.143. The second-order valence-electron chi connectivity index (χ2n) is 6.12. The second kappa shape index (κ2) is 8.56. The van der Waals surface area contributed by atoms with Crippen molar-refractivity contribution in [3.8, 4) is 0 Å². The molecule has 3 aromatic carbocycles. The zero-order valence-electron chi connectivity index (χ0n) is 14.9. The molecule has 2 amide bonds. The van der Waals surface area contributed by atoms with Crippen LogP contribution in [0.25, 0.3) is 10.8 Å². The summed E-state index contributed by atoms with van der Waals surface area (Å²) in [5.41, 5.74) is 2.30. The van der Waals surface area contributed by atoms with E-state index >= 15 is 0 Å². The minimum Gasteiger partial charge on any atom is -0.376 e. The Hall–Kier alpha value is -3.05. The standard InChI is InChI=1S/C21H20ClN3O2/c1-14-17(22)9-5-10-18(14)25-21(27)13-24-20(26)12-23-19-11-4-7-15-6-2-3-8-16(15)19/h2-11,23H,12-13H2,1H3,(H,24,26)(H,25,27). The van der Waals surface area contributed by atoms with Crippen molar-refractivity contribution in [2.45, 2.75) is 6.92 Å². The van der Waals surface area contributed by atoms with Crippen molar-refractivity contribution >= 4 is 45.6 Å². The van der Waals surface area contributed by atoms with Gasteiger partial charge in [-0.25, -0.2) is 0 Å². The van der Waals surface area contributed by atoms with Crippen LogP contribution < -0.4 is 16.0 Å². The van der Waals surface area contributed by atoms with Crippen LogP contribution in [-0.2, 0) is 9.59 Å². The molecule has 0 saturated carbocycles. The van der Waals surface area contributed by atoms with E-state index in [1.807, 2.05) is 49.4 Å². The summed E-state index contributed by atoms with van der Waals surface area (Å²) in [6.45, 7) is 1.80. The van der Waals surface area contributed by atoms with Crippen LogP contribution in [0.2, 0.25) is 5.02 Å². The van der Waals surface area contributed by atoms with Gasteiger partial charge >= 0.3 is 0 Å². The fourth-order valence-electron chi connectivity index (χ4n) is 2.73. The quantitative estimate of drug-likeness (QED) is 0.605. The van der Waals surface area contributed by atoms with Crippen LogP contribution in [0.1, 0.15) is 5.56 Å². The molecule has 138 valence electrons. The average Bonchev–Trinajstić information content (AvgIpc) is 2.68. The first kappa shape index (κ1) is 18.7. The average molecular weight is 382 g/mol. The Labute approximate surface area is 162 Å². The Morgan fingerprint density at radius 3 is 2.41 bits per heavy atom. The molecule has 0 aliphatic carbocycles. The lowest BCUT2D eigenvalue weighted by Gasteiger charge is -2.11. The Morgan fingerprint density at radius 1 is 0.852 bits per heavy atom. The normalized spacial score (nSPS) is 10.4. The number of carbonyl (C=O) groups is 2. The van der Waals surface area contributed by atoms with Crippen molar-refractivity contribution in [3.63, 3.8) is 0 Å². The van der Waals surface area contributed by atoms with Gasteiger partial charge in [0.2, 0.25) is 11.8 Å². The number of rotatable bonds is 6. The number of hydrogen-bond donors (Lipinski definition) is 3. The summed E-state index contributed by atoms with van der Waals surface area (Å²) in [6, 6.07) is 19.1. The Balaban J connectivity index is 1.51. The van der Waals surface area contributed by atoms with Crippen LogP contribution in [-0.4, -0.2) is 24.9 Å². The van der Waals surface area contributed by atoms with Crippen LogP contribution in [0.4, 0.5) is 11.4 Å². The van der Waals surface area contributed by atoms with Crippen LogP contribution >= 0.6 is 11.6 Å². The molecular weight excluding hydrogens is 362 g/mol. The van der Waals surface area contributed by atoms with Gasteiger partial charge in [0.25, 0.3) is 0 Å². The highest BCUT2D eigenvalue weighted by Gasteiger charge is 2.09. The SMILES string of the molecule is Cc1c(Cl)cccc1NC(=O)CNC(=O)CNc1cccc2ccccc12. The van der Waals surface area contributed by atoms with Gasteiger partial charge in [0.1, 0.15) is 0 Å². The highest BCUT2D eigenvalue weighted by Crippen LogP contribution is 2.23. The maximum absolute atomic E-state index is 12.1. The first-order chi connectivity index (χ1) is 13.0. The van der Waals surface area contributed by atoms with E-state index in [-0.39, 0.29) is 24.9 Å². The van der Waals surface area contributed by atoms with Crippen molar-refractivity contribution in [1.29, 1.82) is 0 Å². The van der Waals surface area contributed by atoms with E-state index in [2.05, 4.69) is 16.0 Å². The number of anilines is 2. The number of benzene rings is 3. The lowest BCUT2D eigenvalue weighted by molar-refractivity contribution is -0.122. The minimum atomic E-state index is -0.307. The molecule has 3 rings (SSSR count). The van der Waals surface area contributed by atoms with Gasteiger partial charge in [0, 0.05) is 21.8 Å². The van der Waals surface area contributed by atoms with Gasteiger partial charge in [-0.05, 0) is 36.1 Å². The summed E-state index contributed by atoms with van der Waals surface area (Å²) in [4.78, 5) is 24.1. The van der Waals surface area contributed by atoms with Crippen LogP contribution in [0.5, 0.6) is 0 Å². The van der Waals surface area contributed by atoms with Gasteiger partial charge in [-0.2, -0.15) is 0 Å². The molecule has 6 heteroatoms. The lowest BCUT2D eigenvalue weighted by atomic mass is 10.1. The molecule has 0 spiro atoms. The first-order valence-electron chi connectivity index (χ1n) is 8.58. The monoisotopic (exact) mass is 381 g/mol. The first-order valence-corrected chi connectivity index (χ1v) is 8.95. The summed E-state index contributed by atoms with van der Waals surface area (Å²) in [7, 11) is 0. The third-order valence-electron chi connectivity index (χ3n) is 4.22.